The molecular weight excluding hydrogens is 311 g/mol. The second-order valence-corrected chi connectivity index (χ2v) is 6.71. The molecule has 17 heavy (non-hydrogen) atoms. The maximum absolute atomic E-state index is 11.8. The summed E-state index contributed by atoms with van der Waals surface area (Å²) in [5.41, 5.74) is 1.86. The standard InChI is InChI=1S/C14H21ClO.Zr/c1-13(2,3)9-7-10(14(4,5)6)12(15)11(16)8-9;/h7-8,16H,1-6H3;/p-1. The van der Waals surface area contributed by atoms with Gasteiger partial charge in [-0.05, 0) is 22.0 Å². The molecule has 94 valence electrons. The summed E-state index contributed by atoms with van der Waals surface area (Å²) < 4.78 is 0. The molecule has 0 saturated carbocycles. The minimum absolute atomic E-state index is 0. The molecule has 1 rings (SSSR count). The SMILES string of the molecule is CC(C)(C)c1cc([O-])c(Cl)c(C(C)(C)C)c1.[Zr]. The predicted molar refractivity (Wildman–Crippen MR) is 68.3 cm³/mol. The van der Waals surface area contributed by atoms with Crippen LogP contribution in [0.1, 0.15) is 52.7 Å². The van der Waals surface area contributed by atoms with Crippen LogP contribution in [-0.2, 0) is 37.0 Å². The average Bonchev–Trinajstić information content (AvgIpc) is 2.05. The minimum atomic E-state index is -0.0997. The molecule has 0 aliphatic heterocycles. The molecule has 0 amide bonds. The summed E-state index contributed by atoms with van der Waals surface area (Å²) in [5, 5.41) is 12.2. The van der Waals surface area contributed by atoms with Crippen molar-refractivity contribution in [3.63, 3.8) is 0 Å². The van der Waals surface area contributed by atoms with Crippen molar-refractivity contribution in [2.24, 2.45) is 0 Å². The van der Waals surface area contributed by atoms with Gasteiger partial charge in [-0.25, -0.2) is 0 Å². The monoisotopic (exact) mass is 329 g/mol. The van der Waals surface area contributed by atoms with Crippen LogP contribution in [-0.4, -0.2) is 0 Å². The summed E-state index contributed by atoms with van der Waals surface area (Å²) in [6.45, 7) is 12.5. The van der Waals surface area contributed by atoms with Gasteiger partial charge in [0.05, 0.1) is 0 Å². The van der Waals surface area contributed by atoms with Gasteiger partial charge in [0.2, 0.25) is 0 Å². The number of hydrogen-bond acceptors (Lipinski definition) is 1. The van der Waals surface area contributed by atoms with Crippen molar-refractivity contribution in [3.05, 3.63) is 28.3 Å². The summed E-state index contributed by atoms with van der Waals surface area (Å²) in [6, 6.07) is 3.71. The smallest absolute Gasteiger partial charge is 0.0365 e. The van der Waals surface area contributed by atoms with Crippen LogP contribution in [0.5, 0.6) is 5.75 Å². The summed E-state index contributed by atoms with van der Waals surface area (Å²) in [6.07, 6.45) is 0. The molecule has 0 heterocycles. The molecule has 0 bridgehead atoms. The van der Waals surface area contributed by atoms with E-state index in [-0.39, 0.29) is 42.8 Å². The van der Waals surface area contributed by atoms with Crippen molar-refractivity contribution in [3.8, 4) is 5.75 Å². The van der Waals surface area contributed by atoms with Gasteiger partial charge in [0.15, 0.2) is 0 Å². The van der Waals surface area contributed by atoms with Gasteiger partial charge in [0, 0.05) is 31.2 Å². The third-order valence-corrected chi connectivity index (χ3v) is 3.10. The summed E-state index contributed by atoms with van der Waals surface area (Å²) in [7, 11) is 0. The Labute approximate surface area is 129 Å². The Bertz CT molecular complexity index is 400. The Balaban J connectivity index is 0.00000256. The van der Waals surface area contributed by atoms with E-state index in [1.807, 2.05) is 0 Å². The molecule has 0 unspecified atom stereocenters. The molecule has 0 aromatic heterocycles. The van der Waals surface area contributed by atoms with Crippen LogP contribution < -0.4 is 5.11 Å². The third-order valence-electron chi connectivity index (χ3n) is 2.71. The molecule has 1 aromatic rings. The number of hydrogen-bond donors (Lipinski definition) is 0. The Kier molecular flexibility index (Phi) is 5.51. The molecule has 0 atom stereocenters. The van der Waals surface area contributed by atoms with Crippen LogP contribution in [0.3, 0.4) is 0 Å². The van der Waals surface area contributed by atoms with Crippen molar-refractivity contribution >= 4 is 11.6 Å². The third kappa shape index (κ3) is 4.10. The van der Waals surface area contributed by atoms with Gasteiger partial charge in [-0.15, -0.1) is 0 Å². The fourth-order valence-electron chi connectivity index (χ4n) is 1.58. The fourth-order valence-corrected chi connectivity index (χ4v) is 1.97. The van der Waals surface area contributed by atoms with Gasteiger partial charge in [0.1, 0.15) is 0 Å². The summed E-state index contributed by atoms with van der Waals surface area (Å²) in [5.74, 6) is -0.0704. The Hall–Kier alpha value is 0.193. The molecular formula is C14H20ClOZr-. The quantitative estimate of drug-likeness (QED) is 0.705. The van der Waals surface area contributed by atoms with E-state index in [4.69, 9.17) is 11.6 Å². The van der Waals surface area contributed by atoms with Crippen LogP contribution in [0.2, 0.25) is 5.02 Å². The predicted octanol–water partition coefficient (Wildman–Crippen LogP) is 4.01. The van der Waals surface area contributed by atoms with Gasteiger partial charge in [-0.2, -0.15) is 0 Å². The minimum Gasteiger partial charge on any atom is -0.871 e. The maximum Gasteiger partial charge on any atom is 0.0365 e. The molecule has 0 radical (unpaired) electrons. The van der Waals surface area contributed by atoms with Gasteiger partial charge in [-0.1, -0.05) is 71.0 Å². The summed E-state index contributed by atoms with van der Waals surface area (Å²) in [4.78, 5) is 0. The second-order valence-electron chi connectivity index (χ2n) is 6.34. The van der Waals surface area contributed by atoms with Crippen LogP contribution >= 0.6 is 11.6 Å². The molecule has 0 N–H and O–H groups in total. The van der Waals surface area contributed by atoms with E-state index >= 15 is 0 Å². The molecule has 3 heteroatoms. The molecule has 0 saturated heterocycles. The first kappa shape index (κ1) is 17.2. The molecule has 1 nitrogen and oxygen atoms in total. The van der Waals surface area contributed by atoms with Crippen molar-refractivity contribution in [1.82, 2.24) is 0 Å². The first-order valence-corrected chi connectivity index (χ1v) is 5.93. The number of benzene rings is 1. The average molecular weight is 331 g/mol. The first-order valence-electron chi connectivity index (χ1n) is 5.55. The van der Waals surface area contributed by atoms with E-state index in [0.29, 0.717) is 5.02 Å². The molecule has 0 fully saturated rings. The van der Waals surface area contributed by atoms with E-state index < -0.39 is 0 Å². The zero-order valence-electron chi connectivity index (χ0n) is 11.4. The molecule has 0 aliphatic rings. The van der Waals surface area contributed by atoms with E-state index in [2.05, 4.69) is 47.6 Å². The van der Waals surface area contributed by atoms with E-state index in [1.54, 1.807) is 6.07 Å². The normalized spacial score (nSPS) is 12.2. The van der Waals surface area contributed by atoms with Crippen molar-refractivity contribution in [2.45, 2.75) is 52.4 Å². The Morgan fingerprint density at radius 1 is 0.941 bits per heavy atom. The molecule has 0 spiro atoms. The number of rotatable bonds is 0. The van der Waals surface area contributed by atoms with E-state index in [9.17, 15) is 5.11 Å². The number of halogens is 1. The zero-order valence-corrected chi connectivity index (χ0v) is 14.7. The fraction of sp³-hybridized carbons (Fsp3) is 0.571. The van der Waals surface area contributed by atoms with Crippen LogP contribution in [0.15, 0.2) is 12.1 Å². The van der Waals surface area contributed by atoms with E-state index in [0.717, 1.165) is 11.1 Å². The topological polar surface area (TPSA) is 23.1 Å². The zero-order chi connectivity index (χ0) is 12.7. The van der Waals surface area contributed by atoms with Crippen LogP contribution in [0, 0.1) is 0 Å². The van der Waals surface area contributed by atoms with Gasteiger partial charge < -0.3 is 5.11 Å². The van der Waals surface area contributed by atoms with E-state index in [1.165, 1.54) is 0 Å². The second kappa shape index (κ2) is 5.45. The Morgan fingerprint density at radius 3 is 1.76 bits per heavy atom. The van der Waals surface area contributed by atoms with Gasteiger partial charge in [0.25, 0.3) is 0 Å². The molecule has 0 aliphatic carbocycles. The van der Waals surface area contributed by atoms with Crippen LogP contribution in [0.25, 0.3) is 0 Å². The maximum atomic E-state index is 11.8. The first-order chi connectivity index (χ1) is 7.03. The Morgan fingerprint density at radius 2 is 1.41 bits per heavy atom. The van der Waals surface area contributed by atoms with Crippen LogP contribution in [0.4, 0.5) is 0 Å². The largest absolute Gasteiger partial charge is 0.871 e. The van der Waals surface area contributed by atoms with Gasteiger partial charge >= 0.3 is 0 Å². The molecule has 1 aromatic carbocycles. The van der Waals surface area contributed by atoms with Crippen molar-refractivity contribution in [1.29, 1.82) is 0 Å². The van der Waals surface area contributed by atoms with Crippen molar-refractivity contribution in [2.75, 3.05) is 0 Å². The van der Waals surface area contributed by atoms with Crippen molar-refractivity contribution < 1.29 is 31.3 Å². The summed E-state index contributed by atoms with van der Waals surface area (Å²) >= 11 is 6.09. The van der Waals surface area contributed by atoms with Gasteiger partial charge in [-0.3, -0.25) is 0 Å².